The van der Waals surface area contributed by atoms with Crippen molar-refractivity contribution in [2.75, 3.05) is 6.54 Å². The minimum Gasteiger partial charge on any atom is -0.352 e. The lowest BCUT2D eigenvalue weighted by atomic mass is 10.2. The minimum atomic E-state index is -0.620. The van der Waals surface area contributed by atoms with Gasteiger partial charge >= 0.3 is 0 Å². The Balaban J connectivity index is 0.00000256. The van der Waals surface area contributed by atoms with Gasteiger partial charge < -0.3 is 11.1 Å². The number of hydrogen-bond donors (Lipinski definition) is 2. The molecule has 0 fully saturated rings. The molecular weight excluding hydrogens is 266 g/mol. The Morgan fingerprint density at radius 1 is 1.59 bits per heavy atom. The highest BCUT2D eigenvalue weighted by Crippen LogP contribution is 2.18. The van der Waals surface area contributed by atoms with Crippen molar-refractivity contribution in [3.05, 3.63) is 34.6 Å². The summed E-state index contributed by atoms with van der Waals surface area (Å²) in [6.45, 7) is 2.24. The Hall–Kier alpha value is -0.840. The maximum Gasteiger partial charge on any atom is 0.255 e. The van der Waals surface area contributed by atoms with Crippen LogP contribution in [0.1, 0.15) is 23.7 Å². The van der Waals surface area contributed by atoms with Crippen LogP contribution in [0, 0.1) is 5.82 Å². The lowest BCUT2D eigenvalue weighted by molar-refractivity contribution is 0.0949. The largest absolute Gasteiger partial charge is 0.352 e. The molecule has 0 aliphatic rings. The fourth-order valence-corrected chi connectivity index (χ4v) is 1.47. The molecule has 0 spiro atoms. The number of hydrogen-bond acceptors (Lipinski definition) is 2. The SMILES string of the molecule is CC(N)CCNC(=O)c1c(F)cccc1Cl.Cl. The Morgan fingerprint density at radius 3 is 2.76 bits per heavy atom. The van der Waals surface area contributed by atoms with Crippen LogP contribution >= 0.6 is 24.0 Å². The number of benzene rings is 1. The zero-order valence-corrected chi connectivity index (χ0v) is 10.9. The van der Waals surface area contributed by atoms with Gasteiger partial charge in [0.15, 0.2) is 0 Å². The number of nitrogens with one attached hydrogen (secondary N) is 1. The first kappa shape index (κ1) is 16.2. The fourth-order valence-electron chi connectivity index (χ4n) is 1.22. The van der Waals surface area contributed by atoms with Crippen molar-refractivity contribution in [1.29, 1.82) is 0 Å². The quantitative estimate of drug-likeness (QED) is 0.890. The third-order valence-electron chi connectivity index (χ3n) is 2.08. The molecule has 0 bridgehead atoms. The number of carbonyl (C=O) groups is 1. The minimum absolute atomic E-state index is 0. The van der Waals surface area contributed by atoms with E-state index in [-0.39, 0.29) is 29.0 Å². The van der Waals surface area contributed by atoms with E-state index in [0.29, 0.717) is 13.0 Å². The van der Waals surface area contributed by atoms with E-state index in [9.17, 15) is 9.18 Å². The monoisotopic (exact) mass is 280 g/mol. The fraction of sp³-hybridized carbons (Fsp3) is 0.364. The molecule has 0 aliphatic heterocycles. The van der Waals surface area contributed by atoms with Gasteiger partial charge in [-0.3, -0.25) is 4.79 Å². The molecule has 1 amide bonds. The first-order chi connectivity index (χ1) is 7.52. The van der Waals surface area contributed by atoms with Crippen molar-refractivity contribution in [2.24, 2.45) is 5.73 Å². The summed E-state index contributed by atoms with van der Waals surface area (Å²) in [7, 11) is 0. The Morgan fingerprint density at radius 2 is 2.24 bits per heavy atom. The molecule has 1 aromatic rings. The van der Waals surface area contributed by atoms with Crippen molar-refractivity contribution >= 4 is 29.9 Å². The average molecular weight is 281 g/mol. The molecule has 1 unspecified atom stereocenters. The molecule has 0 aliphatic carbocycles. The summed E-state index contributed by atoms with van der Waals surface area (Å²) in [6, 6.07) is 4.13. The van der Waals surface area contributed by atoms with Gasteiger partial charge in [0.05, 0.1) is 10.6 Å². The highest BCUT2D eigenvalue weighted by Gasteiger charge is 2.14. The van der Waals surface area contributed by atoms with Crippen molar-refractivity contribution in [3.8, 4) is 0 Å². The second-order valence-electron chi connectivity index (χ2n) is 3.62. The molecule has 3 N–H and O–H groups in total. The highest BCUT2D eigenvalue weighted by molar-refractivity contribution is 6.33. The van der Waals surface area contributed by atoms with Gasteiger partial charge in [-0.25, -0.2) is 4.39 Å². The Labute approximate surface area is 111 Å². The number of rotatable bonds is 4. The van der Waals surface area contributed by atoms with Gasteiger partial charge in [0.25, 0.3) is 5.91 Å². The topological polar surface area (TPSA) is 55.1 Å². The maximum atomic E-state index is 13.3. The summed E-state index contributed by atoms with van der Waals surface area (Å²) in [4.78, 5) is 11.6. The smallest absolute Gasteiger partial charge is 0.255 e. The van der Waals surface area contributed by atoms with Crippen LogP contribution in [0.4, 0.5) is 4.39 Å². The van der Waals surface area contributed by atoms with E-state index in [1.165, 1.54) is 18.2 Å². The van der Waals surface area contributed by atoms with Crippen LogP contribution in [0.5, 0.6) is 0 Å². The van der Waals surface area contributed by atoms with Crippen LogP contribution in [0.15, 0.2) is 18.2 Å². The van der Waals surface area contributed by atoms with Crippen LogP contribution in [0.25, 0.3) is 0 Å². The van der Waals surface area contributed by atoms with Gasteiger partial charge in [0.2, 0.25) is 0 Å². The molecular formula is C11H15Cl2FN2O. The Kier molecular flexibility index (Phi) is 7.11. The molecule has 0 heterocycles. The predicted octanol–water partition coefficient (Wildman–Crippen LogP) is 2.37. The summed E-state index contributed by atoms with van der Waals surface area (Å²) in [5, 5.41) is 2.68. The van der Waals surface area contributed by atoms with Crippen LogP contribution in [0.3, 0.4) is 0 Å². The standard InChI is InChI=1S/C11H14ClFN2O.ClH/c1-7(14)5-6-15-11(16)10-8(12)3-2-4-9(10)13;/h2-4,7H,5-6,14H2,1H3,(H,15,16);1H. The van der Waals surface area contributed by atoms with Crippen molar-refractivity contribution in [1.82, 2.24) is 5.32 Å². The van der Waals surface area contributed by atoms with Crippen molar-refractivity contribution in [2.45, 2.75) is 19.4 Å². The molecule has 0 radical (unpaired) electrons. The summed E-state index contributed by atoms with van der Waals surface area (Å²) in [6.07, 6.45) is 0.637. The normalized spacial score (nSPS) is 11.5. The summed E-state index contributed by atoms with van der Waals surface area (Å²) in [5.41, 5.74) is 5.41. The van der Waals surface area contributed by atoms with Crippen LogP contribution in [-0.2, 0) is 0 Å². The van der Waals surface area contributed by atoms with E-state index >= 15 is 0 Å². The van der Waals surface area contributed by atoms with Crippen LogP contribution in [-0.4, -0.2) is 18.5 Å². The molecule has 96 valence electrons. The third-order valence-corrected chi connectivity index (χ3v) is 2.39. The molecule has 6 heteroatoms. The first-order valence-electron chi connectivity index (χ1n) is 5.00. The molecule has 1 atom stereocenters. The second-order valence-corrected chi connectivity index (χ2v) is 4.03. The predicted molar refractivity (Wildman–Crippen MR) is 69.3 cm³/mol. The molecule has 0 saturated carbocycles. The summed E-state index contributed by atoms with van der Waals surface area (Å²) < 4.78 is 13.3. The average Bonchev–Trinajstić information content (AvgIpc) is 2.16. The van der Waals surface area contributed by atoms with Gasteiger partial charge in [-0.2, -0.15) is 0 Å². The lowest BCUT2D eigenvalue weighted by Gasteiger charge is -2.08. The Bertz CT molecular complexity index is 365. The lowest BCUT2D eigenvalue weighted by Crippen LogP contribution is -2.29. The number of halogens is 3. The van der Waals surface area contributed by atoms with Crippen molar-refractivity contribution in [3.63, 3.8) is 0 Å². The number of nitrogens with two attached hydrogens (primary N) is 1. The summed E-state index contributed by atoms with van der Waals surface area (Å²) >= 11 is 5.74. The van der Waals surface area contributed by atoms with E-state index < -0.39 is 11.7 Å². The first-order valence-corrected chi connectivity index (χ1v) is 5.38. The molecule has 1 rings (SSSR count). The number of amides is 1. The van der Waals surface area contributed by atoms with E-state index in [0.717, 1.165) is 0 Å². The molecule has 1 aromatic carbocycles. The molecule has 0 aromatic heterocycles. The molecule has 0 saturated heterocycles. The number of carbonyl (C=O) groups excluding carboxylic acids is 1. The zero-order valence-electron chi connectivity index (χ0n) is 9.37. The molecule has 17 heavy (non-hydrogen) atoms. The van der Waals surface area contributed by atoms with E-state index in [2.05, 4.69) is 5.32 Å². The highest BCUT2D eigenvalue weighted by atomic mass is 35.5. The maximum absolute atomic E-state index is 13.3. The molecule has 3 nitrogen and oxygen atoms in total. The second kappa shape index (κ2) is 7.48. The van der Waals surface area contributed by atoms with E-state index in [4.69, 9.17) is 17.3 Å². The zero-order chi connectivity index (χ0) is 12.1. The van der Waals surface area contributed by atoms with Crippen LogP contribution in [0.2, 0.25) is 5.02 Å². The van der Waals surface area contributed by atoms with Crippen LogP contribution < -0.4 is 11.1 Å². The van der Waals surface area contributed by atoms with E-state index in [1.54, 1.807) is 0 Å². The van der Waals surface area contributed by atoms with Gasteiger partial charge in [-0.05, 0) is 25.5 Å². The van der Waals surface area contributed by atoms with Gasteiger partial charge in [-0.1, -0.05) is 17.7 Å². The van der Waals surface area contributed by atoms with Gasteiger partial charge in [-0.15, -0.1) is 12.4 Å². The van der Waals surface area contributed by atoms with Crippen molar-refractivity contribution < 1.29 is 9.18 Å². The summed E-state index contributed by atoms with van der Waals surface area (Å²) in [5.74, 6) is -1.13. The third kappa shape index (κ3) is 4.89. The van der Waals surface area contributed by atoms with Gasteiger partial charge in [0.1, 0.15) is 5.82 Å². The van der Waals surface area contributed by atoms with Gasteiger partial charge in [0, 0.05) is 12.6 Å². The van der Waals surface area contributed by atoms with E-state index in [1.807, 2.05) is 6.92 Å².